The van der Waals surface area contributed by atoms with Crippen molar-refractivity contribution in [2.75, 3.05) is 26.7 Å². The molecule has 0 spiro atoms. The van der Waals surface area contributed by atoms with Gasteiger partial charge in [-0.1, -0.05) is 13.0 Å². The zero-order chi connectivity index (χ0) is 18.3. The van der Waals surface area contributed by atoms with E-state index in [0.29, 0.717) is 18.4 Å². The highest BCUT2D eigenvalue weighted by atomic mass is 32.1. The van der Waals surface area contributed by atoms with Crippen molar-refractivity contribution in [3.63, 3.8) is 0 Å². The van der Waals surface area contributed by atoms with Crippen LogP contribution >= 0.6 is 11.3 Å². The second-order valence-corrected chi connectivity index (χ2v) is 9.08. The van der Waals surface area contributed by atoms with Crippen LogP contribution in [0.15, 0.2) is 18.2 Å². The van der Waals surface area contributed by atoms with Crippen LogP contribution in [0.2, 0.25) is 0 Å². The molecule has 0 radical (unpaired) electrons. The molecule has 1 aromatic carbocycles. The van der Waals surface area contributed by atoms with E-state index in [9.17, 15) is 9.90 Å². The van der Waals surface area contributed by atoms with Gasteiger partial charge < -0.3 is 14.9 Å². The number of carboxylic acid groups (broad SMARTS) is 1. The van der Waals surface area contributed by atoms with Crippen molar-refractivity contribution in [1.29, 1.82) is 0 Å². The van der Waals surface area contributed by atoms with Gasteiger partial charge in [-0.3, -0.25) is 0 Å². The Morgan fingerprint density at radius 1 is 1.27 bits per heavy atom. The zero-order valence-electron chi connectivity index (χ0n) is 15.5. The first-order valence-corrected chi connectivity index (χ1v) is 10.4. The SMILES string of the molecule is C[C@H]1CC[C@H](c2ccc3sc([C@@H]4CCCN(C)C4)nc3c2)N(C(=O)O)C1. The Bertz CT molecular complexity index is 805. The fraction of sp³-hybridized carbons (Fsp3) is 0.600. The number of rotatable bonds is 2. The van der Waals surface area contributed by atoms with Crippen LogP contribution in [-0.2, 0) is 0 Å². The number of amides is 1. The molecule has 2 aliphatic rings. The third-order valence-electron chi connectivity index (χ3n) is 5.85. The third-order valence-corrected chi connectivity index (χ3v) is 7.05. The van der Waals surface area contributed by atoms with Gasteiger partial charge in [0.1, 0.15) is 0 Å². The van der Waals surface area contributed by atoms with Crippen molar-refractivity contribution in [3.8, 4) is 0 Å². The van der Waals surface area contributed by atoms with Crippen molar-refractivity contribution in [3.05, 3.63) is 28.8 Å². The van der Waals surface area contributed by atoms with Crippen LogP contribution in [0.5, 0.6) is 0 Å². The number of benzene rings is 1. The maximum absolute atomic E-state index is 11.7. The molecule has 3 atom stereocenters. The fourth-order valence-corrected chi connectivity index (χ4v) is 5.50. The van der Waals surface area contributed by atoms with Crippen molar-refractivity contribution in [1.82, 2.24) is 14.8 Å². The van der Waals surface area contributed by atoms with Gasteiger partial charge in [-0.25, -0.2) is 9.78 Å². The molecule has 3 heterocycles. The largest absolute Gasteiger partial charge is 0.465 e. The van der Waals surface area contributed by atoms with E-state index < -0.39 is 6.09 Å². The molecule has 4 rings (SSSR count). The van der Waals surface area contributed by atoms with Gasteiger partial charge in [-0.15, -0.1) is 11.3 Å². The molecule has 0 saturated carbocycles. The Hall–Kier alpha value is -1.66. The first kappa shape index (κ1) is 17.7. The summed E-state index contributed by atoms with van der Waals surface area (Å²) in [4.78, 5) is 20.6. The van der Waals surface area contributed by atoms with Gasteiger partial charge in [0.15, 0.2) is 0 Å². The lowest BCUT2D eigenvalue weighted by Crippen LogP contribution is -2.40. The summed E-state index contributed by atoms with van der Waals surface area (Å²) in [5.74, 6) is 0.959. The van der Waals surface area contributed by atoms with Crippen LogP contribution in [0.4, 0.5) is 4.79 Å². The molecule has 1 amide bonds. The molecule has 2 aromatic rings. The number of carbonyl (C=O) groups is 1. The van der Waals surface area contributed by atoms with Gasteiger partial charge in [0, 0.05) is 19.0 Å². The van der Waals surface area contributed by atoms with E-state index in [2.05, 4.69) is 37.1 Å². The predicted molar refractivity (Wildman–Crippen MR) is 105 cm³/mol. The van der Waals surface area contributed by atoms with E-state index in [4.69, 9.17) is 4.98 Å². The Morgan fingerprint density at radius 3 is 2.88 bits per heavy atom. The normalized spacial score (nSPS) is 27.8. The highest BCUT2D eigenvalue weighted by Crippen LogP contribution is 2.37. The van der Waals surface area contributed by atoms with Crippen LogP contribution in [0.1, 0.15) is 55.1 Å². The molecular formula is C20H27N3O2S. The first-order valence-electron chi connectivity index (χ1n) is 9.59. The summed E-state index contributed by atoms with van der Waals surface area (Å²) in [6, 6.07) is 6.32. The Morgan fingerprint density at radius 2 is 2.12 bits per heavy atom. The van der Waals surface area contributed by atoms with Gasteiger partial charge in [0.2, 0.25) is 0 Å². The van der Waals surface area contributed by atoms with E-state index >= 15 is 0 Å². The molecule has 26 heavy (non-hydrogen) atoms. The van der Waals surface area contributed by atoms with Crippen LogP contribution in [-0.4, -0.2) is 52.7 Å². The number of likely N-dealkylation sites (N-methyl/N-ethyl adjacent to an activating group) is 1. The molecule has 0 unspecified atom stereocenters. The molecule has 1 aromatic heterocycles. The summed E-state index contributed by atoms with van der Waals surface area (Å²) in [5, 5.41) is 10.8. The summed E-state index contributed by atoms with van der Waals surface area (Å²) >= 11 is 1.80. The quantitative estimate of drug-likeness (QED) is 0.839. The van der Waals surface area contributed by atoms with E-state index in [0.717, 1.165) is 30.5 Å². The number of fused-ring (bicyclic) bond motifs is 1. The van der Waals surface area contributed by atoms with Crippen molar-refractivity contribution >= 4 is 27.6 Å². The van der Waals surface area contributed by atoms with Crippen LogP contribution in [0.25, 0.3) is 10.2 Å². The summed E-state index contributed by atoms with van der Waals surface area (Å²) in [6.07, 6.45) is 3.60. The minimum Gasteiger partial charge on any atom is -0.465 e. The molecule has 0 bridgehead atoms. The number of likely N-dealkylation sites (tertiary alicyclic amines) is 2. The van der Waals surface area contributed by atoms with Crippen LogP contribution in [0.3, 0.4) is 0 Å². The maximum Gasteiger partial charge on any atom is 0.407 e. The highest BCUT2D eigenvalue weighted by Gasteiger charge is 2.31. The maximum atomic E-state index is 11.7. The minimum absolute atomic E-state index is 0.0425. The van der Waals surface area contributed by atoms with E-state index in [1.807, 2.05) is 0 Å². The van der Waals surface area contributed by atoms with E-state index in [1.165, 1.54) is 29.1 Å². The molecule has 2 saturated heterocycles. The molecule has 2 fully saturated rings. The highest BCUT2D eigenvalue weighted by molar-refractivity contribution is 7.18. The Balaban J connectivity index is 1.62. The fourth-order valence-electron chi connectivity index (χ4n) is 4.42. The van der Waals surface area contributed by atoms with Gasteiger partial charge >= 0.3 is 6.09 Å². The number of piperidine rings is 2. The van der Waals surface area contributed by atoms with Crippen molar-refractivity contribution in [2.24, 2.45) is 5.92 Å². The minimum atomic E-state index is -0.814. The number of nitrogens with zero attached hydrogens (tertiary/aromatic N) is 3. The molecular weight excluding hydrogens is 346 g/mol. The van der Waals surface area contributed by atoms with Gasteiger partial charge in [-0.05, 0) is 62.9 Å². The number of thiazole rings is 1. The predicted octanol–water partition coefficient (Wildman–Crippen LogP) is 4.56. The topological polar surface area (TPSA) is 56.7 Å². The molecule has 0 aliphatic carbocycles. The molecule has 6 heteroatoms. The van der Waals surface area contributed by atoms with Crippen molar-refractivity contribution in [2.45, 2.75) is 44.6 Å². The summed E-state index contributed by atoms with van der Waals surface area (Å²) in [6.45, 7) is 5.01. The summed E-state index contributed by atoms with van der Waals surface area (Å²) < 4.78 is 1.21. The Kier molecular flexibility index (Phi) is 4.88. The lowest BCUT2D eigenvalue weighted by Gasteiger charge is -2.37. The lowest BCUT2D eigenvalue weighted by molar-refractivity contribution is 0.0900. The summed E-state index contributed by atoms with van der Waals surface area (Å²) in [5.41, 5.74) is 2.11. The average Bonchev–Trinajstić information content (AvgIpc) is 3.05. The van der Waals surface area contributed by atoms with Gasteiger partial charge in [0.25, 0.3) is 0 Å². The lowest BCUT2D eigenvalue weighted by atomic mass is 9.90. The second kappa shape index (κ2) is 7.16. The third kappa shape index (κ3) is 3.45. The standard InChI is InChI=1S/C20H27N3O2S/c1-13-5-7-17(23(11-13)20(24)25)14-6-8-18-16(10-14)21-19(26-18)15-4-3-9-22(2)12-15/h6,8,10,13,15,17H,3-5,7,9,11-12H2,1-2H3,(H,24,25)/t13-,15+,17+/m0/s1. The summed E-state index contributed by atoms with van der Waals surface area (Å²) in [7, 11) is 2.18. The Labute approximate surface area is 158 Å². The zero-order valence-corrected chi connectivity index (χ0v) is 16.3. The molecule has 5 nitrogen and oxygen atoms in total. The number of hydrogen-bond donors (Lipinski definition) is 1. The first-order chi connectivity index (χ1) is 12.5. The average molecular weight is 374 g/mol. The monoisotopic (exact) mass is 373 g/mol. The van der Waals surface area contributed by atoms with Gasteiger partial charge in [0.05, 0.1) is 21.3 Å². The smallest absolute Gasteiger partial charge is 0.407 e. The van der Waals surface area contributed by atoms with Crippen LogP contribution in [0, 0.1) is 5.92 Å². The molecule has 2 aliphatic heterocycles. The number of hydrogen-bond acceptors (Lipinski definition) is 4. The van der Waals surface area contributed by atoms with Crippen LogP contribution < -0.4 is 0 Å². The van der Waals surface area contributed by atoms with E-state index in [-0.39, 0.29) is 6.04 Å². The van der Waals surface area contributed by atoms with Gasteiger partial charge in [-0.2, -0.15) is 0 Å². The van der Waals surface area contributed by atoms with E-state index in [1.54, 1.807) is 16.2 Å². The molecule has 1 N–H and O–H groups in total. The second-order valence-electron chi connectivity index (χ2n) is 8.01. The van der Waals surface area contributed by atoms with Crippen molar-refractivity contribution < 1.29 is 9.90 Å². The molecule has 140 valence electrons. The number of aromatic nitrogens is 1.